The molecule has 0 bridgehead atoms. The molecule has 0 saturated heterocycles. The van der Waals surface area contributed by atoms with E-state index < -0.39 is 10.2 Å². The highest BCUT2D eigenvalue weighted by atomic mass is 32.3. The number of rotatable bonds is 3. The molecule has 0 atom stereocenters. The summed E-state index contributed by atoms with van der Waals surface area (Å²) in [6, 6.07) is 14.1. The van der Waals surface area contributed by atoms with Crippen molar-refractivity contribution in [2.24, 2.45) is 10.2 Å². The zero-order valence-electron chi connectivity index (χ0n) is 9.19. The third kappa shape index (κ3) is 3.21. The fourth-order valence-electron chi connectivity index (χ4n) is 1.29. The highest BCUT2D eigenvalue weighted by molar-refractivity contribution is 7.86. The van der Waals surface area contributed by atoms with Gasteiger partial charge in [0.05, 0.1) is 16.3 Å². The largest absolute Gasteiger partial charge is 0.332 e. The predicted molar refractivity (Wildman–Crippen MR) is 65.4 cm³/mol. The summed E-state index contributed by atoms with van der Waals surface area (Å²) in [5, 5.41) is 7.86. The van der Waals surface area contributed by atoms with Crippen LogP contribution in [-0.4, -0.2) is 8.42 Å². The highest BCUT2D eigenvalue weighted by Gasteiger charge is 2.10. The quantitative estimate of drug-likeness (QED) is 0.626. The van der Waals surface area contributed by atoms with E-state index in [9.17, 15) is 12.3 Å². The number of benzene rings is 2. The lowest BCUT2D eigenvalue weighted by atomic mass is 10.3. The van der Waals surface area contributed by atoms with Crippen LogP contribution in [0.3, 0.4) is 0 Å². The summed E-state index contributed by atoms with van der Waals surface area (Å²) < 4.78 is 33.8. The lowest BCUT2D eigenvalue weighted by molar-refractivity contribution is 0.552. The molecule has 0 aliphatic rings. The minimum Gasteiger partial charge on any atom is -0.189 e. The first-order valence-electron chi connectivity index (χ1n) is 5.07. The molecule has 2 rings (SSSR count). The molecule has 0 aliphatic carbocycles. The van der Waals surface area contributed by atoms with Gasteiger partial charge < -0.3 is 0 Å². The normalized spacial score (nSPS) is 11.8. The van der Waals surface area contributed by atoms with Crippen molar-refractivity contribution in [1.29, 1.82) is 0 Å². The highest BCUT2D eigenvalue weighted by Crippen LogP contribution is 2.20. The summed E-state index contributed by atoms with van der Waals surface area (Å²) in [6.45, 7) is 0. The zero-order valence-corrected chi connectivity index (χ0v) is 10.0. The van der Waals surface area contributed by atoms with Gasteiger partial charge in [0.1, 0.15) is 0 Å². The molecule has 0 N–H and O–H groups in total. The average Bonchev–Trinajstić information content (AvgIpc) is 2.37. The maximum absolute atomic E-state index is 12.6. The van der Waals surface area contributed by atoms with E-state index in [1.165, 1.54) is 12.1 Å². The SMILES string of the molecule is O=S(=O)(F)c1ccc(/N=N/c2ccccc2)cc1. The van der Waals surface area contributed by atoms with Gasteiger partial charge in [0, 0.05) is 0 Å². The molecule has 6 heteroatoms. The standard InChI is InChI=1S/C12H9FN2O2S/c13-18(16,17)12-8-6-11(7-9-12)15-14-10-4-2-1-3-5-10/h1-9H/b15-14+. The Kier molecular flexibility index (Phi) is 3.47. The van der Waals surface area contributed by atoms with Crippen LogP contribution in [0.1, 0.15) is 0 Å². The molecule has 0 unspecified atom stereocenters. The summed E-state index contributed by atoms with van der Waals surface area (Å²) in [6.07, 6.45) is 0. The smallest absolute Gasteiger partial charge is 0.189 e. The molecule has 0 radical (unpaired) electrons. The van der Waals surface area contributed by atoms with E-state index in [0.717, 1.165) is 12.1 Å². The minimum atomic E-state index is -4.66. The van der Waals surface area contributed by atoms with Gasteiger partial charge in [-0.25, -0.2) is 0 Å². The number of hydrogen-bond acceptors (Lipinski definition) is 4. The van der Waals surface area contributed by atoms with Gasteiger partial charge in [-0.05, 0) is 36.4 Å². The average molecular weight is 264 g/mol. The first-order chi connectivity index (χ1) is 8.55. The van der Waals surface area contributed by atoms with Crippen LogP contribution in [0.4, 0.5) is 15.3 Å². The van der Waals surface area contributed by atoms with Crippen LogP contribution < -0.4 is 0 Å². The molecule has 0 saturated carbocycles. The maximum Gasteiger partial charge on any atom is 0.332 e. The van der Waals surface area contributed by atoms with E-state index in [0.29, 0.717) is 11.4 Å². The zero-order chi connectivity index (χ0) is 13.0. The maximum atomic E-state index is 12.6. The summed E-state index contributed by atoms with van der Waals surface area (Å²) >= 11 is 0. The number of hydrogen-bond donors (Lipinski definition) is 0. The summed E-state index contributed by atoms with van der Waals surface area (Å²) in [7, 11) is -4.66. The number of halogens is 1. The van der Waals surface area contributed by atoms with Crippen molar-refractivity contribution < 1.29 is 12.3 Å². The molecule has 0 aliphatic heterocycles. The van der Waals surface area contributed by atoms with Crippen LogP contribution in [0.25, 0.3) is 0 Å². The van der Waals surface area contributed by atoms with Crippen molar-refractivity contribution in [3.63, 3.8) is 0 Å². The Morgan fingerprint density at radius 2 is 1.28 bits per heavy atom. The van der Waals surface area contributed by atoms with Gasteiger partial charge in [-0.15, -0.1) is 3.89 Å². The topological polar surface area (TPSA) is 58.9 Å². The third-order valence-electron chi connectivity index (χ3n) is 2.16. The van der Waals surface area contributed by atoms with E-state index in [4.69, 9.17) is 0 Å². The van der Waals surface area contributed by atoms with Crippen LogP contribution in [0, 0.1) is 0 Å². The van der Waals surface area contributed by atoms with Crippen molar-refractivity contribution in [3.8, 4) is 0 Å². The molecular formula is C12H9FN2O2S. The Labute approximate surface area is 104 Å². The molecule has 4 nitrogen and oxygen atoms in total. The molecule has 2 aromatic rings. The van der Waals surface area contributed by atoms with Crippen LogP contribution in [0.2, 0.25) is 0 Å². The molecule has 0 spiro atoms. The van der Waals surface area contributed by atoms with Crippen molar-refractivity contribution in [2.75, 3.05) is 0 Å². The molecule has 2 aromatic carbocycles. The molecule has 0 aromatic heterocycles. The molecule has 92 valence electrons. The monoisotopic (exact) mass is 264 g/mol. The van der Waals surface area contributed by atoms with Gasteiger partial charge >= 0.3 is 10.2 Å². The van der Waals surface area contributed by atoms with E-state index in [2.05, 4.69) is 10.2 Å². The molecule has 18 heavy (non-hydrogen) atoms. The van der Waals surface area contributed by atoms with Gasteiger partial charge in [-0.3, -0.25) is 0 Å². The van der Waals surface area contributed by atoms with Crippen LogP contribution in [0.5, 0.6) is 0 Å². The van der Waals surface area contributed by atoms with Crippen molar-refractivity contribution in [3.05, 3.63) is 54.6 Å². The van der Waals surface area contributed by atoms with E-state index >= 15 is 0 Å². The molecular weight excluding hydrogens is 255 g/mol. The third-order valence-corrected chi connectivity index (χ3v) is 2.99. The first kappa shape index (κ1) is 12.4. The number of azo groups is 1. The minimum absolute atomic E-state index is 0.388. The first-order valence-corrected chi connectivity index (χ1v) is 6.45. The summed E-state index contributed by atoms with van der Waals surface area (Å²) in [5.74, 6) is 0. The van der Waals surface area contributed by atoms with E-state index in [1.54, 1.807) is 12.1 Å². The molecule has 0 amide bonds. The Bertz CT molecular complexity index is 652. The van der Waals surface area contributed by atoms with Gasteiger partial charge in [0.2, 0.25) is 0 Å². The van der Waals surface area contributed by atoms with Crippen molar-refractivity contribution in [1.82, 2.24) is 0 Å². The molecule has 0 fully saturated rings. The van der Waals surface area contributed by atoms with Crippen LogP contribution >= 0.6 is 0 Å². The van der Waals surface area contributed by atoms with E-state index in [1.807, 2.05) is 18.2 Å². The Hall–Kier alpha value is -2.08. The van der Waals surface area contributed by atoms with Crippen LogP contribution in [0.15, 0.2) is 69.7 Å². The van der Waals surface area contributed by atoms with Gasteiger partial charge in [-0.2, -0.15) is 18.6 Å². The van der Waals surface area contributed by atoms with Crippen molar-refractivity contribution in [2.45, 2.75) is 4.90 Å². The van der Waals surface area contributed by atoms with Gasteiger partial charge in [0.15, 0.2) is 0 Å². The summed E-state index contributed by atoms with van der Waals surface area (Å²) in [5.41, 5.74) is 1.13. The van der Waals surface area contributed by atoms with Crippen LogP contribution in [-0.2, 0) is 10.2 Å². The summed E-state index contributed by atoms with van der Waals surface area (Å²) in [4.78, 5) is -0.388. The second kappa shape index (κ2) is 5.05. The lowest BCUT2D eigenvalue weighted by Crippen LogP contribution is -1.89. The van der Waals surface area contributed by atoms with E-state index in [-0.39, 0.29) is 4.90 Å². The fraction of sp³-hybridized carbons (Fsp3) is 0. The fourth-order valence-corrected chi connectivity index (χ4v) is 1.75. The van der Waals surface area contributed by atoms with Crippen molar-refractivity contribution >= 4 is 21.6 Å². The second-order valence-electron chi connectivity index (χ2n) is 3.47. The van der Waals surface area contributed by atoms with Gasteiger partial charge in [-0.1, -0.05) is 18.2 Å². The Morgan fingerprint density at radius 3 is 1.78 bits per heavy atom. The number of nitrogens with zero attached hydrogens (tertiary/aromatic N) is 2. The second-order valence-corrected chi connectivity index (χ2v) is 4.81. The predicted octanol–water partition coefficient (Wildman–Crippen LogP) is 3.76. The Morgan fingerprint density at radius 1 is 0.778 bits per heavy atom. The Balaban J connectivity index is 2.19. The lowest BCUT2D eigenvalue weighted by Gasteiger charge is -1.95. The van der Waals surface area contributed by atoms with Gasteiger partial charge in [0.25, 0.3) is 0 Å². The molecule has 0 heterocycles.